The second-order valence-electron chi connectivity index (χ2n) is 5.05. The van der Waals surface area contributed by atoms with Crippen LogP contribution in [-0.4, -0.2) is 26.5 Å². The van der Waals surface area contributed by atoms with Gasteiger partial charge in [0.25, 0.3) is 0 Å². The van der Waals surface area contributed by atoms with E-state index in [9.17, 15) is 8.42 Å². The van der Waals surface area contributed by atoms with Gasteiger partial charge in [-0.2, -0.15) is 0 Å². The van der Waals surface area contributed by atoms with E-state index in [2.05, 4.69) is 0 Å². The van der Waals surface area contributed by atoms with Gasteiger partial charge >= 0.3 is 0 Å². The van der Waals surface area contributed by atoms with Crippen LogP contribution in [0.5, 0.6) is 0 Å². The SMILES string of the molecule is CSc1c(Cl)cc(CC(C)(C)N)cc1S(C)(=O)=O. The smallest absolute Gasteiger partial charge is 0.176 e. The highest BCUT2D eigenvalue weighted by atomic mass is 35.5. The third-order valence-electron chi connectivity index (χ3n) is 2.33. The van der Waals surface area contributed by atoms with Crippen molar-refractivity contribution in [3.05, 3.63) is 22.7 Å². The largest absolute Gasteiger partial charge is 0.325 e. The summed E-state index contributed by atoms with van der Waals surface area (Å²) in [6, 6.07) is 3.46. The van der Waals surface area contributed by atoms with E-state index in [0.29, 0.717) is 16.3 Å². The average molecular weight is 308 g/mol. The molecule has 1 aromatic carbocycles. The molecule has 0 aliphatic carbocycles. The van der Waals surface area contributed by atoms with E-state index in [0.717, 1.165) is 5.56 Å². The molecule has 1 rings (SSSR count). The van der Waals surface area contributed by atoms with Crippen molar-refractivity contribution in [2.75, 3.05) is 12.5 Å². The van der Waals surface area contributed by atoms with Crippen molar-refractivity contribution in [1.29, 1.82) is 0 Å². The molecular formula is C12H18ClNO2S2. The zero-order valence-corrected chi connectivity index (χ0v) is 13.3. The Labute approximate surface area is 118 Å². The number of sulfone groups is 1. The van der Waals surface area contributed by atoms with Gasteiger partial charge in [0.15, 0.2) is 9.84 Å². The van der Waals surface area contributed by atoms with E-state index in [1.54, 1.807) is 12.1 Å². The highest BCUT2D eigenvalue weighted by Crippen LogP contribution is 2.34. The number of rotatable bonds is 4. The lowest BCUT2D eigenvalue weighted by Gasteiger charge is -2.20. The summed E-state index contributed by atoms with van der Waals surface area (Å²) in [5.41, 5.74) is 6.38. The Hall–Kier alpha value is -0.230. The lowest BCUT2D eigenvalue weighted by Crippen LogP contribution is -2.34. The minimum Gasteiger partial charge on any atom is -0.325 e. The van der Waals surface area contributed by atoms with E-state index >= 15 is 0 Å². The van der Waals surface area contributed by atoms with Crippen molar-refractivity contribution in [2.45, 2.75) is 35.6 Å². The Morgan fingerprint density at radius 3 is 2.33 bits per heavy atom. The second-order valence-corrected chi connectivity index (χ2v) is 8.25. The Morgan fingerprint density at radius 2 is 1.94 bits per heavy atom. The third kappa shape index (κ3) is 4.16. The van der Waals surface area contributed by atoms with Crippen molar-refractivity contribution in [3.63, 3.8) is 0 Å². The van der Waals surface area contributed by atoms with E-state index in [1.165, 1.54) is 18.0 Å². The maximum absolute atomic E-state index is 11.8. The van der Waals surface area contributed by atoms with E-state index in [-0.39, 0.29) is 4.90 Å². The molecule has 0 saturated heterocycles. The molecule has 0 radical (unpaired) electrons. The van der Waals surface area contributed by atoms with Gasteiger partial charge in [-0.15, -0.1) is 11.8 Å². The van der Waals surface area contributed by atoms with Crippen molar-refractivity contribution in [2.24, 2.45) is 5.73 Å². The maximum atomic E-state index is 11.8. The Kier molecular flexibility index (Phi) is 4.76. The summed E-state index contributed by atoms with van der Waals surface area (Å²) < 4.78 is 23.6. The molecule has 0 atom stereocenters. The summed E-state index contributed by atoms with van der Waals surface area (Å²) in [6.45, 7) is 3.78. The molecule has 0 aromatic heterocycles. The molecule has 18 heavy (non-hydrogen) atoms. The molecule has 0 aliphatic rings. The molecule has 0 spiro atoms. The number of hydrogen-bond donors (Lipinski definition) is 1. The maximum Gasteiger partial charge on any atom is 0.176 e. The molecule has 3 nitrogen and oxygen atoms in total. The predicted octanol–water partition coefficient (Wildman–Crippen LogP) is 2.75. The summed E-state index contributed by atoms with van der Waals surface area (Å²) >= 11 is 7.48. The standard InChI is InChI=1S/C12H18ClNO2S2/c1-12(2,14)7-8-5-9(13)11(17-3)10(6-8)18(4,15)16/h5-6H,7,14H2,1-4H3. The lowest BCUT2D eigenvalue weighted by molar-refractivity contribution is 0.515. The van der Waals surface area contributed by atoms with Gasteiger partial charge in [-0.05, 0) is 44.2 Å². The summed E-state index contributed by atoms with van der Waals surface area (Å²) in [7, 11) is -3.29. The molecule has 0 amide bonds. The molecule has 0 aliphatic heterocycles. The third-order valence-corrected chi connectivity index (χ3v) is 4.84. The summed E-state index contributed by atoms with van der Waals surface area (Å²) in [6.07, 6.45) is 3.57. The highest BCUT2D eigenvalue weighted by Gasteiger charge is 2.19. The van der Waals surface area contributed by atoms with Crippen molar-refractivity contribution < 1.29 is 8.42 Å². The highest BCUT2D eigenvalue weighted by molar-refractivity contribution is 7.99. The number of hydrogen-bond acceptors (Lipinski definition) is 4. The molecule has 0 unspecified atom stereocenters. The van der Waals surface area contributed by atoms with Crippen LogP contribution in [0.1, 0.15) is 19.4 Å². The Morgan fingerprint density at radius 1 is 1.39 bits per heavy atom. The zero-order chi connectivity index (χ0) is 14.1. The number of thioether (sulfide) groups is 1. The van der Waals surface area contributed by atoms with Gasteiger partial charge in [-0.3, -0.25) is 0 Å². The minimum absolute atomic E-state index is 0.279. The van der Waals surface area contributed by atoms with Crippen LogP contribution >= 0.6 is 23.4 Å². The monoisotopic (exact) mass is 307 g/mol. The Bertz CT molecular complexity index is 548. The van der Waals surface area contributed by atoms with Crippen LogP contribution in [0.4, 0.5) is 0 Å². The van der Waals surface area contributed by atoms with Gasteiger partial charge in [0.1, 0.15) is 0 Å². The van der Waals surface area contributed by atoms with Gasteiger partial charge in [0.05, 0.1) is 9.92 Å². The number of nitrogens with two attached hydrogens (primary N) is 1. The fourth-order valence-corrected chi connectivity index (χ4v) is 4.28. The van der Waals surface area contributed by atoms with Gasteiger partial charge in [0, 0.05) is 16.7 Å². The number of halogens is 1. The lowest BCUT2D eigenvalue weighted by atomic mass is 9.96. The fraction of sp³-hybridized carbons (Fsp3) is 0.500. The molecule has 0 saturated carbocycles. The van der Waals surface area contributed by atoms with E-state index in [1.807, 2.05) is 20.1 Å². The van der Waals surface area contributed by atoms with Gasteiger partial charge in [-0.25, -0.2) is 8.42 Å². The first-order valence-corrected chi connectivity index (χ1v) is 8.89. The molecule has 0 heterocycles. The van der Waals surface area contributed by atoms with Crippen LogP contribution < -0.4 is 5.73 Å². The summed E-state index contributed by atoms with van der Waals surface area (Å²) in [4.78, 5) is 0.875. The molecule has 102 valence electrons. The van der Waals surface area contributed by atoms with Crippen molar-refractivity contribution >= 4 is 33.2 Å². The first-order chi connectivity index (χ1) is 8.04. The van der Waals surface area contributed by atoms with Crippen molar-refractivity contribution in [1.82, 2.24) is 0 Å². The molecule has 0 fully saturated rings. The van der Waals surface area contributed by atoms with Gasteiger partial charge in [0.2, 0.25) is 0 Å². The van der Waals surface area contributed by atoms with E-state index < -0.39 is 15.4 Å². The van der Waals surface area contributed by atoms with Crippen LogP contribution in [0, 0.1) is 0 Å². The molecule has 0 bridgehead atoms. The molecule has 1 aromatic rings. The summed E-state index contributed by atoms with van der Waals surface area (Å²) in [5.74, 6) is 0. The number of benzene rings is 1. The minimum atomic E-state index is -3.29. The van der Waals surface area contributed by atoms with Gasteiger partial charge < -0.3 is 5.73 Å². The average Bonchev–Trinajstić information content (AvgIpc) is 2.12. The van der Waals surface area contributed by atoms with E-state index in [4.69, 9.17) is 17.3 Å². The quantitative estimate of drug-likeness (QED) is 0.869. The normalized spacial score (nSPS) is 12.8. The first kappa shape index (κ1) is 15.8. The predicted molar refractivity (Wildman–Crippen MR) is 78.3 cm³/mol. The van der Waals surface area contributed by atoms with Crippen LogP contribution in [0.2, 0.25) is 5.02 Å². The van der Waals surface area contributed by atoms with Crippen LogP contribution in [0.15, 0.2) is 21.9 Å². The van der Waals surface area contributed by atoms with Gasteiger partial charge in [-0.1, -0.05) is 11.6 Å². The van der Waals surface area contributed by atoms with Crippen LogP contribution in [0.25, 0.3) is 0 Å². The fourth-order valence-electron chi connectivity index (χ4n) is 1.72. The van der Waals surface area contributed by atoms with Crippen molar-refractivity contribution in [3.8, 4) is 0 Å². The van der Waals surface area contributed by atoms with Crippen LogP contribution in [0.3, 0.4) is 0 Å². The van der Waals surface area contributed by atoms with Crippen LogP contribution in [-0.2, 0) is 16.3 Å². The second kappa shape index (κ2) is 5.41. The topological polar surface area (TPSA) is 60.2 Å². The molecule has 6 heteroatoms. The summed E-state index contributed by atoms with van der Waals surface area (Å²) in [5, 5.41) is 0.463. The zero-order valence-electron chi connectivity index (χ0n) is 11.0. The molecular weight excluding hydrogens is 290 g/mol. The molecule has 2 N–H and O–H groups in total. The first-order valence-electron chi connectivity index (χ1n) is 5.40. The Balaban J connectivity index is 3.41.